The predicted octanol–water partition coefficient (Wildman–Crippen LogP) is -0.242. The molecule has 9 nitrogen and oxygen atoms in total. The molecule has 10 heteroatoms. The fourth-order valence-corrected chi connectivity index (χ4v) is 4.20. The van der Waals surface area contributed by atoms with Crippen LogP contribution in [0.3, 0.4) is 0 Å². The van der Waals surface area contributed by atoms with Crippen molar-refractivity contribution in [1.82, 2.24) is 10.2 Å². The van der Waals surface area contributed by atoms with Crippen LogP contribution in [0.5, 0.6) is 0 Å². The number of rotatable bonds is 6. The molecule has 1 aliphatic rings. The first kappa shape index (κ1) is 20.7. The van der Waals surface area contributed by atoms with E-state index in [-0.39, 0.29) is 24.1 Å². The molecule has 0 saturated heterocycles. The van der Waals surface area contributed by atoms with Crippen molar-refractivity contribution >= 4 is 33.5 Å². The normalized spacial score (nSPS) is 15.9. The van der Waals surface area contributed by atoms with Crippen LogP contribution in [0.2, 0.25) is 0 Å². The summed E-state index contributed by atoms with van der Waals surface area (Å²) in [4.78, 5) is 36.5. The van der Waals surface area contributed by atoms with Gasteiger partial charge in [-0.15, -0.1) is 0 Å². The maximum absolute atomic E-state index is 12.2. The molecular formula is C17H23N3O6S. The molecule has 0 saturated carbocycles. The van der Waals surface area contributed by atoms with Crippen molar-refractivity contribution < 1.29 is 27.5 Å². The summed E-state index contributed by atoms with van der Waals surface area (Å²) in [5.74, 6) is -1.53. The molecule has 2 amide bonds. The highest BCUT2D eigenvalue weighted by molar-refractivity contribution is 7.92. The van der Waals surface area contributed by atoms with Gasteiger partial charge < -0.3 is 15.0 Å². The van der Waals surface area contributed by atoms with Crippen LogP contribution in [0.25, 0.3) is 0 Å². The van der Waals surface area contributed by atoms with Gasteiger partial charge in [0.15, 0.2) is 6.61 Å². The van der Waals surface area contributed by atoms with Crippen molar-refractivity contribution in [3.8, 4) is 0 Å². The number of sulfonamides is 1. The number of nitrogens with one attached hydrogen (secondary N) is 1. The van der Waals surface area contributed by atoms with Crippen molar-refractivity contribution in [2.45, 2.75) is 19.4 Å². The van der Waals surface area contributed by atoms with E-state index in [2.05, 4.69) is 5.32 Å². The lowest BCUT2D eigenvalue weighted by molar-refractivity contribution is -0.137. The summed E-state index contributed by atoms with van der Waals surface area (Å²) < 4.78 is 30.2. The van der Waals surface area contributed by atoms with Crippen LogP contribution < -0.4 is 9.62 Å². The molecule has 2 rings (SSSR count). The number of esters is 1. The van der Waals surface area contributed by atoms with E-state index in [9.17, 15) is 22.8 Å². The average molecular weight is 397 g/mol. The Hall–Kier alpha value is -2.62. The fraction of sp³-hybridized carbons (Fsp3) is 0.471. The van der Waals surface area contributed by atoms with Crippen LogP contribution in [-0.2, 0) is 30.8 Å². The molecule has 1 heterocycles. The second-order valence-electron chi connectivity index (χ2n) is 6.45. The largest absolute Gasteiger partial charge is 0.452 e. The average Bonchev–Trinajstić information content (AvgIpc) is 2.93. The first-order chi connectivity index (χ1) is 12.5. The lowest BCUT2D eigenvalue weighted by Gasteiger charge is -2.21. The molecule has 0 unspecified atom stereocenters. The molecule has 1 N–H and O–H groups in total. The van der Waals surface area contributed by atoms with Crippen molar-refractivity contribution in [2.75, 3.05) is 37.8 Å². The third-order valence-electron chi connectivity index (χ3n) is 4.24. The number of fused-ring (bicyclic) bond motifs is 1. The van der Waals surface area contributed by atoms with Gasteiger partial charge in [-0.2, -0.15) is 0 Å². The number of hydrogen-bond donors (Lipinski definition) is 1. The Bertz CT molecular complexity index is 867. The minimum Gasteiger partial charge on any atom is -0.452 e. The minimum absolute atomic E-state index is 0.134. The SMILES string of the molecule is CNC(=O)CN(C)C(=O)COC(=O)c1ccc2c(c1)C[C@@H](C)N2S(C)(=O)=O. The Balaban J connectivity index is 2.04. The lowest BCUT2D eigenvalue weighted by Crippen LogP contribution is -2.39. The number of amides is 2. The summed E-state index contributed by atoms with van der Waals surface area (Å²) in [5.41, 5.74) is 1.51. The molecule has 1 aromatic rings. The monoisotopic (exact) mass is 397 g/mol. The highest BCUT2D eigenvalue weighted by Crippen LogP contribution is 2.34. The molecule has 0 aromatic heterocycles. The molecular weight excluding hydrogens is 374 g/mol. The van der Waals surface area contributed by atoms with Gasteiger partial charge in [0, 0.05) is 20.1 Å². The van der Waals surface area contributed by atoms with Gasteiger partial charge in [-0.1, -0.05) is 0 Å². The Morgan fingerprint density at radius 3 is 2.59 bits per heavy atom. The Morgan fingerprint density at radius 2 is 2.00 bits per heavy atom. The van der Waals surface area contributed by atoms with Crippen molar-refractivity contribution in [2.24, 2.45) is 0 Å². The number of hydrogen-bond acceptors (Lipinski definition) is 6. The maximum Gasteiger partial charge on any atom is 0.338 e. The van der Waals surface area contributed by atoms with E-state index in [0.29, 0.717) is 12.1 Å². The summed E-state index contributed by atoms with van der Waals surface area (Å²) in [7, 11) is -0.516. The van der Waals surface area contributed by atoms with Crippen LogP contribution >= 0.6 is 0 Å². The molecule has 0 aliphatic carbocycles. The number of likely N-dealkylation sites (N-methyl/N-ethyl adjacent to an activating group) is 2. The zero-order chi connectivity index (χ0) is 20.4. The molecule has 0 bridgehead atoms. The van der Waals surface area contributed by atoms with E-state index in [1.807, 2.05) is 0 Å². The smallest absolute Gasteiger partial charge is 0.338 e. The predicted molar refractivity (Wildman–Crippen MR) is 98.9 cm³/mol. The van der Waals surface area contributed by atoms with Crippen LogP contribution in [-0.4, -0.2) is 70.6 Å². The quantitative estimate of drug-likeness (QED) is 0.663. The van der Waals surface area contributed by atoms with Crippen molar-refractivity contribution in [3.63, 3.8) is 0 Å². The Labute approximate surface area is 158 Å². The standard InChI is InChI=1S/C17H23N3O6S/c1-11-7-13-8-12(5-6-14(13)20(11)27(4,24)25)17(23)26-10-16(22)19(3)9-15(21)18-2/h5-6,8,11H,7,9-10H2,1-4H3,(H,18,21)/t11-/m1/s1. The van der Waals surface area contributed by atoms with E-state index in [4.69, 9.17) is 4.74 Å². The van der Waals surface area contributed by atoms with Gasteiger partial charge in [-0.3, -0.25) is 13.9 Å². The van der Waals surface area contributed by atoms with Crippen molar-refractivity contribution in [3.05, 3.63) is 29.3 Å². The van der Waals surface area contributed by atoms with E-state index in [0.717, 1.165) is 16.7 Å². The number of ether oxygens (including phenoxy) is 1. The van der Waals surface area contributed by atoms with Crippen LogP contribution in [0.1, 0.15) is 22.8 Å². The molecule has 1 atom stereocenters. The lowest BCUT2D eigenvalue weighted by atomic mass is 10.1. The van der Waals surface area contributed by atoms with E-state index < -0.39 is 28.5 Å². The number of carbonyl (C=O) groups excluding carboxylic acids is 3. The number of benzene rings is 1. The van der Waals surface area contributed by atoms with Gasteiger partial charge in [0.05, 0.1) is 24.1 Å². The highest BCUT2D eigenvalue weighted by atomic mass is 32.2. The minimum atomic E-state index is -3.41. The van der Waals surface area contributed by atoms with Gasteiger partial charge in [-0.25, -0.2) is 13.2 Å². The summed E-state index contributed by atoms with van der Waals surface area (Å²) in [6.07, 6.45) is 1.62. The highest BCUT2D eigenvalue weighted by Gasteiger charge is 2.33. The van der Waals surface area contributed by atoms with Crippen LogP contribution in [0.15, 0.2) is 18.2 Å². The molecule has 27 heavy (non-hydrogen) atoms. The summed E-state index contributed by atoms with van der Waals surface area (Å²) >= 11 is 0. The third kappa shape index (κ3) is 4.76. The van der Waals surface area contributed by atoms with Gasteiger partial charge >= 0.3 is 5.97 Å². The third-order valence-corrected chi connectivity index (χ3v) is 5.51. The molecule has 148 valence electrons. The summed E-state index contributed by atoms with van der Waals surface area (Å²) in [6, 6.07) is 4.38. The van der Waals surface area contributed by atoms with Gasteiger partial charge in [0.25, 0.3) is 5.91 Å². The summed E-state index contributed by atoms with van der Waals surface area (Å²) in [6.45, 7) is 1.17. The van der Waals surface area contributed by atoms with Crippen LogP contribution in [0, 0.1) is 0 Å². The second-order valence-corrected chi connectivity index (χ2v) is 8.31. The van der Waals surface area contributed by atoms with E-state index in [1.54, 1.807) is 19.1 Å². The first-order valence-electron chi connectivity index (χ1n) is 8.28. The molecule has 0 radical (unpaired) electrons. The van der Waals surface area contributed by atoms with E-state index >= 15 is 0 Å². The van der Waals surface area contributed by atoms with Gasteiger partial charge in [0.2, 0.25) is 15.9 Å². The molecule has 1 aliphatic heterocycles. The van der Waals surface area contributed by atoms with Gasteiger partial charge in [-0.05, 0) is 37.1 Å². The molecule has 0 fully saturated rings. The zero-order valence-electron chi connectivity index (χ0n) is 15.7. The molecule has 0 spiro atoms. The fourth-order valence-electron chi connectivity index (χ4n) is 2.94. The van der Waals surface area contributed by atoms with E-state index in [1.165, 1.54) is 24.5 Å². The van der Waals surface area contributed by atoms with Crippen LogP contribution in [0.4, 0.5) is 5.69 Å². The first-order valence-corrected chi connectivity index (χ1v) is 10.1. The zero-order valence-corrected chi connectivity index (χ0v) is 16.5. The van der Waals surface area contributed by atoms with Gasteiger partial charge in [0.1, 0.15) is 0 Å². The Morgan fingerprint density at radius 1 is 1.33 bits per heavy atom. The molecule has 1 aromatic carbocycles. The number of anilines is 1. The topological polar surface area (TPSA) is 113 Å². The summed E-state index contributed by atoms with van der Waals surface area (Å²) in [5, 5.41) is 2.40. The maximum atomic E-state index is 12.2. The second kappa shape index (κ2) is 7.95. The number of carbonyl (C=O) groups is 3. The number of nitrogens with zero attached hydrogens (tertiary/aromatic N) is 2. The van der Waals surface area contributed by atoms with Crippen molar-refractivity contribution in [1.29, 1.82) is 0 Å². The Kier molecular flexibility index (Phi) is 6.09.